The van der Waals surface area contributed by atoms with Crippen LogP contribution < -0.4 is 4.74 Å². The molecule has 8 aromatic rings. The third-order valence-electron chi connectivity index (χ3n) is 8.08. The maximum atomic E-state index is 6.36. The third-order valence-corrected chi connectivity index (χ3v) is 9.22. The van der Waals surface area contributed by atoms with E-state index in [9.17, 15) is 0 Å². The molecular formula is C38H22N2OS. The van der Waals surface area contributed by atoms with Crippen molar-refractivity contribution in [3.8, 4) is 56.5 Å². The van der Waals surface area contributed by atoms with E-state index >= 15 is 0 Å². The van der Waals surface area contributed by atoms with Gasteiger partial charge in [0.05, 0.1) is 11.4 Å². The van der Waals surface area contributed by atoms with Gasteiger partial charge >= 0.3 is 0 Å². The number of hydrogen-bond donors (Lipinski definition) is 0. The Morgan fingerprint density at radius 1 is 0.476 bits per heavy atom. The summed E-state index contributed by atoms with van der Waals surface area (Å²) in [7, 11) is 0. The van der Waals surface area contributed by atoms with Crippen LogP contribution in [0.1, 0.15) is 0 Å². The van der Waals surface area contributed by atoms with Crippen LogP contribution in [-0.2, 0) is 0 Å². The summed E-state index contributed by atoms with van der Waals surface area (Å²) >= 11 is 1.82. The highest BCUT2D eigenvalue weighted by Crippen LogP contribution is 2.47. The van der Waals surface area contributed by atoms with Crippen LogP contribution in [0, 0.1) is 0 Å². The van der Waals surface area contributed by atoms with Gasteiger partial charge in [0.2, 0.25) is 0 Å². The van der Waals surface area contributed by atoms with E-state index in [1.807, 2.05) is 41.7 Å². The predicted molar refractivity (Wildman–Crippen MR) is 174 cm³/mol. The molecule has 1 aliphatic rings. The van der Waals surface area contributed by atoms with Crippen LogP contribution in [-0.4, -0.2) is 9.97 Å². The van der Waals surface area contributed by atoms with Gasteiger partial charge in [0, 0.05) is 47.8 Å². The average Bonchev–Trinajstić information content (AvgIpc) is 3.43. The fraction of sp³-hybridized carbons (Fsp3) is 0. The highest BCUT2D eigenvalue weighted by Gasteiger charge is 2.21. The second-order valence-electron chi connectivity index (χ2n) is 10.6. The molecule has 0 atom stereocenters. The lowest BCUT2D eigenvalue weighted by Gasteiger charge is -2.22. The first-order chi connectivity index (χ1) is 20.8. The number of rotatable bonds is 3. The van der Waals surface area contributed by atoms with Gasteiger partial charge in [-0.05, 0) is 53.4 Å². The van der Waals surface area contributed by atoms with Crippen molar-refractivity contribution in [1.29, 1.82) is 0 Å². The molecule has 0 bridgehead atoms. The van der Waals surface area contributed by atoms with Crippen molar-refractivity contribution in [2.75, 3.05) is 0 Å². The highest BCUT2D eigenvalue weighted by molar-refractivity contribution is 7.25. The SMILES string of the molecule is c1ccc(-c2nc(-c3ccc4c(c3)-c3cccc5cccc(c35)O4)cc(-c3ccc4c(c3)sc3ccccc34)n2)cc1. The van der Waals surface area contributed by atoms with E-state index in [1.165, 1.54) is 31.1 Å². The minimum Gasteiger partial charge on any atom is -0.456 e. The van der Waals surface area contributed by atoms with E-state index in [-0.39, 0.29) is 0 Å². The summed E-state index contributed by atoms with van der Waals surface area (Å²) < 4.78 is 8.92. The first kappa shape index (κ1) is 23.4. The van der Waals surface area contributed by atoms with E-state index in [1.54, 1.807) is 0 Å². The van der Waals surface area contributed by atoms with Crippen LogP contribution in [0.15, 0.2) is 133 Å². The summed E-state index contributed by atoms with van der Waals surface area (Å²) in [6.07, 6.45) is 0. The summed E-state index contributed by atoms with van der Waals surface area (Å²) in [4.78, 5) is 10.2. The number of ether oxygens (including phenoxy) is 1. The van der Waals surface area contributed by atoms with Crippen LogP contribution in [0.3, 0.4) is 0 Å². The molecule has 6 aromatic carbocycles. The quantitative estimate of drug-likeness (QED) is 0.218. The number of aromatic nitrogens is 2. The Kier molecular flexibility index (Phi) is 5.07. The number of benzene rings is 6. The third kappa shape index (κ3) is 3.66. The Hall–Kier alpha value is -5.32. The van der Waals surface area contributed by atoms with Crippen molar-refractivity contribution >= 4 is 42.3 Å². The minimum absolute atomic E-state index is 0.709. The molecular weight excluding hydrogens is 532 g/mol. The Bertz CT molecular complexity index is 2330. The molecule has 0 aliphatic carbocycles. The van der Waals surface area contributed by atoms with Crippen LogP contribution in [0.25, 0.3) is 76.0 Å². The van der Waals surface area contributed by atoms with Crippen molar-refractivity contribution in [3.63, 3.8) is 0 Å². The second kappa shape index (κ2) is 9.10. The van der Waals surface area contributed by atoms with E-state index in [0.717, 1.165) is 50.5 Å². The summed E-state index contributed by atoms with van der Waals surface area (Å²) in [6.45, 7) is 0. The molecule has 0 fully saturated rings. The monoisotopic (exact) mass is 554 g/mol. The van der Waals surface area contributed by atoms with Crippen LogP contribution >= 0.6 is 11.3 Å². The van der Waals surface area contributed by atoms with Crippen molar-refractivity contribution in [1.82, 2.24) is 9.97 Å². The molecule has 9 rings (SSSR count). The van der Waals surface area contributed by atoms with E-state index in [0.29, 0.717) is 5.82 Å². The molecule has 4 heteroatoms. The van der Waals surface area contributed by atoms with Gasteiger partial charge in [-0.3, -0.25) is 0 Å². The van der Waals surface area contributed by atoms with Gasteiger partial charge in [0.25, 0.3) is 0 Å². The topological polar surface area (TPSA) is 35.0 Å². The normalized spacial score (nSPS) is 12.0. The Morgan fingerprint density at radius 3 is 2.10 bits per heavy atom. The summed E-state index contributed by atoms with van der Waals surface area (Å²) in [5.74, 6) is 2.47. The zero-order valence-corrected chi connectivity index (χ0v) is 23.2. The summed E-state index contributed by atoms with van der Waals surface area (Å²) in [5, 5.41) is 4.90. The van der Waals surface area contributed by atoms with Crippen molar-refractivity contribution in [2.24, 2.45) is 0 Å². The number of thiophene rings is 1. The van der Waals surface area contributed by atoms with Gasteiger partial charge in [0.15, 0.2) is 5.82 Å². The largest absolute Gasteiger partial charge is 0.456 e. The first-order valence-electron chi connectivity index (χ1n) is 14.0. The smallest absolute Gasteiger partial charge is 0.160 e. The lowest BCUT2D eigenvalue weighted by molar-refractivity contribution is 0.487. The molecule has 0 saturated carbocycles. The van der Waals surface area contributed by atoms with Crippen molar-refractivity contribution in [2.45, 2.75) is 0 Å². The maximum Gasteiger partial charge on any atom is 0.160 e. The molecule has 0 spiro atoms. The first-order valence-corrected chi connectivity index (χ1v) is 14.8. The van der Waals surface area contributed by atoms with Crippen LogP contribution in [0.5, 0.6) is 11.5 Å². The minimum atomic E-state index is 0.709. The molecule has 2 aromatic heterocycles. The highest BCUT2D eigenvalue weighted by atomic mass is 32.1. The maximum absolute atomic E-state index is 6.36. The average molecular weight is 555 g/mol. The molecule has 0 unspecified atom stereocenters. The Labute approximate surface area is 246 Å². The molecule has 0 saturated heterocycles. The number of hydrogen-bond acceptors (Lipinski definition) is 4. The van der Waals surface area contributed by atoms with Crippen LogP contribution in [0.4, 0.5) is 0 Å². The van der Waals surface area contributed by atoms with E-state index in [4.69, 9.17) is 14.7 Å². The fourth-order valence-electron chi connectivity index (χ4n) is 6.07. The lowest BCUT2D eigenvalue weighted by atomic mass is 9.93. The zero-order chi connectivity index (χ0) is 27.6. The molecule has 1 aliphatic heterocycles. The van der Waals surface area contributed by atoms with Gasteiger partial charge in [-0.2, -0.15) is 0 Å². The van der Waals surface area contributed by atoms with Crippen molar-refractivity contribution in [3.05, 3.63) is 133 Å². The zero-order valence-electron chi connectivity index (χ0n) is 22.4. The lowest BCUT2D eigenvalue weighted by Crippen LogP contribution is -1.99. The van der Waals surface area contributed by atoms with Crippen molar-refractivity contribution < 1.29 is 4.74 Å². The van der Waals surface area contributed by atoms with Gasteiger partial charge in [-0.25, -0.2) is 9.97 Å². The van der Waals surface area contributed by atoms with Gasteiger partial charge < -0.3 is 4.74 Å². The van der Waals surface area contributed by atoms with Gasteiger partial charge in [0.1, 0.15) is 11.5 Å². The van der Waals surface area contributed by atoms with Gasteiger partial charge in [-0.15, -0.1) is 11.3 Å². The summed E-state index contributed by atoms with van der Waals surface area (Å²) in [6, 6.07) is 46.6. The molecule has 3 nitrogen and oxygen atoms in total. The molecule has 3 heterocycles. The predicted octanol–water partition coefficient (Wildman–Crippen LogP) is 10.8. The standard InChI is InChI=1S/C38H22N2OS/c1-2-8-24(9-3-1)38-39-31(22-32(40-38)26-16-18-28-27-12-4-5-15-35(27)42-36(28)21-26)25-17-19-33-30(20-25)29-13-6-10-23-11-7-14-34(41-33)37(23)29/h1-22H. The molecule has 42 heavy (non-hydrogen) atoms. The van der Waals surface area contributed by atoms with E-state index < -0.39 is 0 Å². The van der Waals surface area contributed by atoms with Crippen LogP contribution in [0.2, 0.25) is 0 Å². The second-order valence-corrected chi connectivity index (χ2v) is 11.7. The molecule has 0 radical (unpaired) electrons. The number of nitrogens with zero attached hydrogens (tertiary/aromatic N) is 2. The molecule has 196 valence electrons. The Morgan fingerprint density at radius 2 is 1.21 bits per heavy atom. The molecule has 0 amide bonds. The fourth-order valence-corrected chi connectivity index (χ4v) is 7.21. The number of fused-ring (bicyclic) bond motifs is 5. The molecule has 0 N–H and O–H groups in total. The van der Waals surface area contributed by atoms with Gasteiger partial charge in [-0.1, -0.05) is 91.0 Å². The summed E-state index contributed by atoms with van der Waals surface area (Å²) in [5.41, 5.74) is 7.13. The van der Waals surface area contributed by atoms with E-state index in [2.05, 4.69) is 103 Å². The Balaban J connectivity index is 1.23.